The summed E-state index contributed by atoms with van der Waals surface area (Å²) in [5.41, 5.74) is 1.22. The van der Waals surface area contributed by atoms with E-state index in [9.17, 15) is 0 Å². The van der Waals surface area contributed by atoms with Gasteiger partial charge in [-0.2, -0.15) is 0 Å². The highest BCUT2D eigenvalue weighted by atomic mass is 79.9. The van der Waals surface area contributed by atoms with Gasteiger partial charge in [0.2, 0.25) is 0 Å². The molecule has 1 aromatic heterocycles. The van der Waals surface area contributed by atoms with Crippen molar-refractivity contribution in [3.05, 3.63) is 40.4 Å². The molecule has 136 valence electrons. The average molecular weight is 430 g/mol. The lowest BCUT2D eigenvalue weighted by molar-refractivity contribution is 0.143. The van der Waals surface area contributed by atoms with Crippen LogP contribution in [0.3, 0.4) is 0 Å². The molecule has 1 aromatic carbocycles. The van der Waals surface area contributed by atoms with Crippen LogP contribution in [0, 0.1) is 0 Å². The Bertz CT molecular complexity index is 739. The number of aryl methyl sites for hydroxylation is 1. The number of ether oxygens (including phenoxy) is 2. The lowest BCUT2D eigenvalue weighted by atomic mass is 10.1. The molecule has 1 unspecified atom stereocenters. The fraction of sp³-hybridized carbons (Fsp3) is 0.471. The standard InChI is InChI=1S/C17H21BrN4O2.ClH/c1-21-4-3-20-17(21)14-10-19-2-5-22(14)11-12-8-13(18)16-15(9-12)23-6-7-24-16;/h3-4,8-9,14,19H,2,5-7,10-11H2,1H3;1H. The first-order valence-corrected chi connectivity index (χ1v) is 9.01. The monoisotopic (exact) mass is 428 g/mol. The Morgan fingerprint density at radius 3 is 2.96 bits per heavy atom. The van der Waals surface area contributed by atoms with Crippen LogP contribution in [0.5, 0.6) is 11.5 Å². The van der Waals surface area contributed by atoms with Gasteiger partial charge in [0.25, 0.3) is 0 Å². The number of nitrogens with one attached hydrogen (secondary N) is 1. The van der Waals surface area contributed by atoms with E-state index in [-0.39, 0.29) is 18.4 Å². The minimum absolute atomic E-state index is 0. The van der Waals surface area contributed by atoms with Gasteiger partial charge >= 0.3 is 0 Å². The predicted molar refractivity (Wildman–Crippen MR) is 102 cm³/mol. The Labute approximate surface area is 162 Å². The van der Waals surface area contributed by atoms with Gasteiger partial charge in [-0.05, 0) is 33.6 Å². The maximum atomic E-state index is 5.75. The smallest absolute Gasteiger partial charge is 0.175 e. The second-order valence-corrected chi connectivity index (χ2v) is 7.04. The number of rotatable bonds is 3. The molecule has 2 aliphatic heterocycles. The molecule has 1 saturated heterocycles. The minimum Gasteiger partial charge on any atom is -0.486 e. The van der Waals surface area contributed by atoms with Gasteiger partial charge in [-0.3, -0.25) is 4.90 Å². The molecule has 8 heteroatoms. The van der Waals surface area contributed by atoms with E-state index in [2.05, 4.69) is 54.9 Å². The van der Waals surface area contributed by atoms with Crippen LogP contribution in [0.25, 0.3) is 0 Å². The molecule has 0 amide bonds. The highest BCUT2D eigenvalue weighted by Gasteiger charge is 2.27. The summed E-state index contributed by atoms with van der Waals surface area (Å²) in [5, 5.41) is 3.48. The molecular formula is C17H22BrClN4O2. The first-order valence-electron chi connectivity index (χ1n) is 8.22. The fourth-order valence-corrected chi connectivity index (χ4v) is 3.98. The second-order valence-electron chi connectivity index (χ2n) is 6.19. The number of fused-ring (bicyclic) bond motifs is 1. The van der Waals surface area contributed by atoms with Crippen LogP contribution in [-0.2, 0) is 13.6 Å². The van der Waals surface area contributed by atoms with E-state index in [0.717, 1.165) is 48.0 Å². The third kappa shape index (κ3) is 3.79. The van der Waals surface area contributed by atoms with Crippen molar-refractivity contribution in [2.24, 2.45) is 7.05 Å². The molecule has 2 aliphatic rings. The van der Waals surface area contributed by atoms with Crippen LogP contribution < -0.4 is 14.8 Å². The van der Waals surface area contributed by atoms with Crippen LogP contribution in [-0.4, -0.2) is 47.3 Å². The fourth-order valence-electron chi connectivity index (χ4n) is 3.38. The highest BCUT2D eigenvalue weighted by molar-refractivity contribution is 9.10. The van der Waals surface area contributed by atoms with Crippen molar-refractivity contribution in [2.45, 2.75) is 12.6 Å². The molecular weight excluding hydrogens is 408 g/mol. The zero-order valence-corrected chi connectivity index (χ0v) is 16.5. The summed E-state index contributed by atoms with van der Waals surface area (Å²) in [7, 11) is 2.05. The van der Waals surface area contributed by atoms with Gasteiger partial charge in [-0.25, -0.2) is 4.98 Å². The minimum atomic E-state index is 0. The third-order valence-electron chi connectivity index (χ3n) is 4.55. The van der Waals surface area contributed by atoms with Gasteiger partial charge in [-0.1, -0.05) is 0 Å². The quantitative estimate of drug-likeness (QED) is 0.812. The average Bonchev–Trinajstić information content (AvgIpc) is 3.01. The zero-order chi connectivity index (χ0) is 16.5. The summed E-state index contributed by atoms with van der Waals surface area (Å²) in [4.78, 5) is 7.02. The second kappa shape index (κ2) is 7.95. The van der Waals surface area contributed by atoms with Crippen molar-refractivity contribution in [3.63, 3.8) is 0 Å². The molecule has 0 bridgehead atoms. The predicted octanol–water partition coefficient (Wildman–Crippen LogP) is 2.52. The molecule has 6 nitrogen and oxygen atoms in total. The number of halogens is 2. The summed E-state index contributed by atoms with van der Waals surface area (Å²) < 4.78 is 14.5. The molecule has 0 spiro atoms. The molecule has 1 fully saturated rings. The van der Waals surface area contributed by atoms with Crippen molar-refractivity contribution in [3.8, 4) is 11.5 Å². The Morgan fingerprint density at radius 1 is 1.32 bits per heavy atom. The molecule has 0 aliphatic carbocycles. The van der Waals surface area contributed by atoms with Crippen LogP contribution in [0.15, 0.2) is 29.0 Å². The van der Waals surface area contributed by atoms with E-state index in [1.807, 2.05) is 12.4 Å². The van der Waals surface area contributed by atoms with Crippen LogP contribution in [0.2, 0.25) is 0 Å². The van der Waals surface area contributed by atoms with Gasteiger partial charge in [-0.15, -0.1) is 12.4 Å². The molecule has 0 saturated carbocycles. The van der Waals surface area contributed by atoms with E-state index >= 15 is 0 Å². The van der Waals surface area contributed by atoms with Gasteiger partial charge in [0.1, 0.15) is 19.0 Å². The Morgan fingerprint density at radius 2 is 2.16 bits per heavy atom. The molecule has 1 atom stereocenters. The number of benzene rings is 1. The largest absolute Gasteiger partial charge is 0.486 e. The van der Waals surface area contributed by atoms with E-state index in [1.165, 1.54) is 5.56 Å². The molecule has 25 heavy (non-hydrogen) atoms. The summed E-state index contributed by atoms with van der Waals surface area (Å²) in [6.45, 7) is 4.96. The Balaban J connectivity index is 0.00000182. The topological polar surface area (TPSA) is 51.6 Å². The lowest BCUT2D eigenvalue weighted by Crippen LogP contribution is -2.46. The van der Waals surface area contributed by atoms with Crippen molar-refractivity contribution in [1.29, 1.82) is 0 Å². The van der Waals surface area contributed by atoms with Crippen LogP contribution in [0.4, 0.5) is 0 Å². The third-order valence-corrected chi connectivity index (χ3v) is 5.14. The summed E-state index contributed by atoms with van der Waals surface area (Å²) >= 11 is 3.61. The molecule has 3 heterocycles. The highest BCUT2D eigenvalue weighted by Crippen LogP contribution is 2.39. The van der Waals surface area contributed by atoms with Gasteiger partial charge in [0, 0.05) is 45.6 Å². The number of piperazine rings is 1. The zero-order valence-electron chi connectivity index (χ0n) is 14.1. The van der Waals surface area contributed by atoms with Gasteiger partial charge in [0.05, 0.1) is 10.5 Å². The molecule has 1 N–H and O–H groups in total. The number of hydrogen-bond acceptors (Lipinski definition) is 5. The number of aromatic nitrogens is 2. The van der Waals surface area contributed by atoms with Crippen LogP contribution in [0.1, 0.15) is 17.4 Å². The van der Waals surface area contributed by atoms with Crippen molar-refractivity contribution in [1.82, 2.24) is 19.8 Å². The first-order chi connectivity index (χ1) is 11.7. The number of nitrogens with zero attached hydrogens (tertiary/aromatic N) is 3. The van der Waals surface area contributed by atoms with E-state index < -0.39 is 0 Å². The summed E-state index contributed by atoms with van der Waals surface area (Å²) in [6, 6.07) is 4.49. The molecule has 2 aromatic rings. The maximum absolute atomic E-state index is 5.75. The normalized spacial score (nSPS) is 20.2. The SMILES string of the molecule is Cl.Cn1ccnc1C1CNCCN1Cc1cc(Br)c2c(c1)OCCO2. The van der Waals surface area contributed by atoms with Crippen LogP contribution >= 0.6 is 28.3 Å². The van der Waals surface area contributed by atoms with E-state index in [1.54, 1.807) is 0 Å². The Hall–Kier alpha value is -1.28. The number of hydrogen-bond donors (Lipinski definition) is 1. The van der Waals surface area contributed by atoms with Crippen molar-refractivity contribution in [2.75, 3.05) is 32.8 Å². The number of imidazole rings is 1. The maximum Gasteiger partial charge on any atom is 0.175 e. The van der Waals surface area contributed by atoms with Gasteiger partial charge in [0.15, 0.2) is 11.5 Å². The van der Waals surface area contributed by atoms with E-state index in [4.69, 9.17) is 9.47 Å². The van der Waals surface area contributed by atoms with E-state index in [0.29, 0.717) is 13.2 Å². The lowest BCUT2D eigenvalue weighted by Gasteiger charge is -2.36. The van der Waals surface area contributed by atoms with Crippen molar-refractivity contribution >= 4 is 28.3 Å². The molecule has 4 rings (SSSR count). The summed E-state index contributed by atoms with van der Waals surface area (Å²) in [5.74, 6) is 2.74. The summed E-state index contributed by atoms with van der Waals surface area (Å²) in [6.07, 6.45) is 3.87. The van der Waals surface area contributed by atoms with Crippen molar-refractivity contribution < 1.29 is 9.47 Å². The Kier molecular flexibility index (Phi) is 5.89. The van der Waals surface area contributed by atoms with Gasteiger partial charge < -0.3 is 19.4 Å². The first kappa shape index (κ1) is 18.5. The molecule has 0 radical (unpaired) electrons.